The van der Waals surface area contributed by atoms with Crippen LogP contribution in [0.2, 0.25) is 0 Å². The van der Waals surface area contributed by atoms with E-state index in [1.54, 1.807) is 0 Å². The Morgan fingerprint density at radius 3 is 2.79 bits per heavy atom. The van der Waals surface area contributed by atoms with Gasteiger partial charge in [-0.15, -0.1) is 0 Å². The van der Waals surface area contributed by atoms with Gasteiger partial charge < -0.3 is 9.47 Å². The molecule has 1 aliphatic heterocycles. The number of aromatic nitrogens is 3. The van der Waals surface area contributed by atoms with E-state index in [9.17, 15) is 0 Å². The number of hydrogen-bond acceptors (Lipinski definition) is 5. The van der Waals surface area contributed by atoms with Crippen LogP contribution in [-0.2, 0) is 4.74 Å². The maximum absolute atomic E-state index is 5.95. The molecule has 0 unspecified atom stereocenters. The number of imidazole rings is 1. The molecule has 2 aromatic carbocycles. The number of ether oxygens (including phenoxy) is 2. The molecule has 0 radical (unpaired) electrons. The second kappa shape index (κ2) is 8.19. The Morgan fingerprint density at radius 2 is 1.86 bits per heavy atom. The molecule has 0 saturated carbocycles. The van der Waals surface area contributed by atoms with Crippen LogP contribution < -0.4 is 4.74 Å². The highest BCUT2D eigenvalue weighted by atomic mass is 16.5. The summed E-state index contributed by atoms with van der Waals surface area (Å²) in [6.07, 6.45) is 2.83. The Balaban J connectivity index is 1.28. The predicted molar refractivity (Wildman–Crippen MR) is 114 cm³/mol. The van der Waals surface area contributed by atoms with Gasteiger partial charge in [0.2, 0.25) is 0 Å². The van der Waals surface area contributed by atoms with Gasteiger partial charge in [-0.1, -0.05) is 18.2 Å². The number of hydrogen-bond donors (Lipinski definition) is 0. The van der Waals surface area contributed by atoms with Crippen LogP contribution in [0.15, 0.2) is 60.9 Å². The third-order valence-corrected chi connectivity index (χ3v) is 5.34. The van der Waals surface area contributed by atoms with Gasteiger partial charge in [0.15, 0.2) is 0 Å². The average Bonchev–Trinajstić information content (AvgIpc) is 3.20. The number of benzene rings is 2. The molecule has 0 N–H and O–H groups in total. The van der Waals surface area contributed by atoms with Crippen molar-refractivity contribution in [3.8, 4) is 11.6 Å². The second-order valence-electron chi connectivity index (χ2n) is 7.28. The topological polar surface area (TPSA) is 52.4 Å². The lowest BCUT2D eigenvalue weighted by molar-refractivity contribution is 0.0358. The molecule has 6 nitrogen and oxygen atoms in total. The molecule has 1 saturated heterocycles. The highest BCUT2D eigenvalue weighted by Crippen LogP contribution is 2.23. The Labute approximate surface area is 169 Å². The zero-order valence-corrected chi connectivity index (χ0v) is 16.3. The third kappa shape index (κ3) is 3.95. The number of pyridine rings is 1. The van der Waals surface area contributed by atoms with Crippen LogP contribution in [0.4, 0.5) is 0 Å². The first-order chi connectivity index (χ1) is 14.4. The van der Waals surface area contributed by atoms with E-state index >= 15 is 0 Å². The van der Waals surface area contributed by atoms with Crippen molar-refractivity contribution in [1.29, 1.82) is 0 Å². The Kier molecular flexibility index (Phi) is 5.11. The first kappa shape index (κ1) is 18.1. The van der Waals surface area contributed by atoms with E-state index in [0.29, 0.717) is 6.61 Å². The molecule has 0 amide bonds. The maximum Gasteiger partial charge on any atom is 0.139 e. The molecule has 1 aliphatic rings. The summed E-state index contributed by atoms with van der Waals surface area (Å²) in [5, 5.41) is 1.13. The molecule has 6 heteroatoms. The molecule has 1 fully saturated rings. The van der Waals surface area contributed by atoms with Gasteiger partial charge in [-0.05, 0) is 36.8 Å². The van der Waals surface area contributed by atoms with E-state index in [4.69, 9.17) is 14.5 Å². The molecule has 148 valence electrons. The summed E-state index contributed by atoms with van der Waals surface area (Å²) < 4.78 is 13.4. The Morgan fingerprint density at radius 1 is 0.966 bits per heavy atom. The summed E-state index contributed by atoms with van der Waals surface area (Å²) in [6, 6.07) is 18.3. The number of morpholine rings is 1. The fraction of sp³-hybridized carbons (Fsp3) is 0.304. The van der Waals surface area contributed by atoms with Crippen LogP contribution >= 0.6 is 0 Å². The van der Waals surface area contributed by atoms with Gasteiger partial charge in [0.25, 0.3) is 0 Å². The molecule has 2 aromatic heterocycles. The zero-order valence-electron chi connectivity index (χ0n) is 16.3. The van der Waals surface area contributed by atoms with E-state index in [0.717, 1.165) is 72.8 Å². The van der Waals surface area contributed by atoms with Crippen molar-refractivity contribution >= 4 is 21.9 Å². The first-order valence-electron chi connectivity index (χ1n) is 10.1. The molecule has 3 heterocycles. The van der Waals surface area contributed by atoms with Crippen LogP contribution in [0.3, 0.4) is 0 Å². The normalized spacial score (nSPS) is 15.2. The van der Waals surface area contributed by atoms with Crippen molar-refractivity contribution < 1.29 is 9.47 Å². The zero-order chi connectivity index (χ0) is 19.5. The van der Waals surface area contributed by atoms with Gasteiger partial charge in [-0.25, -0.2) is 9.97 Å². The number of nitrogens with zero attached hydrogens (tertiary/aromatic N) is 4. The minimum Gasteiger partial charge on any atom is -0.493 e. The smallest absolute Gasteiger partial charge is 0.139 e. The monoisotopic (exact) mass is 388 g/mol. The minimum atomic E-state index is 0.704. The summed E-state index contributed by atoms with van der Waals surface area (Å²) in [5.74, 6) is 1.72. The maximum atomic E-state index is 5.95. The van der Waals surface area contributed by atoms with E-state index in [1.165, 1.54) is 0 Å². The molecule has 0 bridgehead atoms. The van der Waals surface area contributed by atoms with E-state index in [2.05, 4.69) is 28.1 Å². The van der Waals surface area contributed by atoms with Crippen molar-refractivity contribution in [2.75, 3.05) is 39.5 Å². The number of fused-ring (bicyclic) bond motifs is 2. The fourth-order valence-electron chi connectivity index (χ4n) is 3.76. The minimum absolute atomic E-state index is 0.704. The summed E-state index contributed by atoms with van der Waals surface area (Å²) in [5.41, 5.74) is 2.91. The lowest BCUT2D eigenvalue weighted by atomic mass is 10.2. The van der Waals surface area contributed by atoms with E-state index < -0.39 is 0 Å². The van der Waals surface area contributed by atoms with Gasteiger partial charge in [0.1, 0.15) is 17.9 Å². The molecule has 4 aromatic rings. The molecule has 0 aliphatic carbocycles. The molecule has 5 rings (SSSR count). The third-order valence-electron chi connectivity index (χ3n) is 5.34. The average molecular weight is 388 g/mol. The fourth-order valence-corrected chi connectivity index (χ4v) is 3.76. The summed E-state index contributed by atoms with van der Waals surface area (Å²) in [7, 11) is 0. The van der Waals surface area contributed by atoms with Crippen LogP contribution in [0.1, 0.15) is 6.42 Å². The van der Waals surface area contributed by atoms with Gasteiger partial charge in [-0.2, -0.15) is 0 Å². The Bertz CT molecular complexity index is 1120. The van der Waals surface area contributed by atoms with Crippen molar-refractivity contribution in [3.05, 3.63) is 60.9 Å². The van der Waals surface area contributed by atoms with Gasteiger partial charge in [-0.3, -0.25) is 9.47 Å². The van der Waals surface area contributed by atoms with Gasteiger partial charge >= 0.3 is 0 Å². The molecule has 0 spiro atoms. The van der Waals surface area contributed by atoms with Crippen LogP contribution in [-0.4, -0.2) is 58.9 Å². The molecular formula is C23H24N4O2. The van der Waals surface area contributed by atoms with Crippen LogP contribution in [0.25, 0.3) is 27.8 Å². The van der Waals surface area contributed by atoms with Gasteiger partial charge in [0.05, 0.1) is 36.4 Å². The molecule has 29 heavy (non-hydrogen) atoms. The highest BCUT2D eigenvalue weighted by molar-refractivity contribution is 5.81. The summed E-state index contributed by atoms with van der Waals surface area (Å²) in [6.45, 7) is 5.47. The van der Waals surface area contributed by atoms with Crippen LogP contribution in [0, 0.1) is 0 Å². The van der Waals surface area contributed by atoms with Gasteiger partial charge in [0, 0.05) is 31.1 Å². The number of rotatable bonds is 6. The SMILES string of the molecule is c1ccc2nc(-n3cnc4cc(OCCCN5CCOCC5)ccc43)ccc2c1. The predicted octanol–water partition coefficient (Wildman–Crippen LogP) is 3.67. The standard InChI is InChI=1S/C23H24N4O2/c1-2-5-20-18(4-1)6-9-23(25-20)27-17-24-21-16-19(7-8-22(21)27)29-13-3-10-26-11-14-28-15-12-26/h1-2,4-9,16-17H,3,10-15H2. The van der Waals surface area contributed by atoms with Crippen molar-refractivity contribution in [1.82, 2.24) is 19.4 Å². The van der Waals surface area contributed by atoms with E-state index in [-0.39, 0.29) is 0 Å². The van der Waals surface area contributed by atoms with E-state index in [1.807, 2.05) is 47.3 Å². The van der Waals surface area contributed by atoms with Crippen molar-refractivity contribution in [2.45, 2.75) is 6.42 Å². The molecular weight excluding hydrogens is 364 g/mol. The summed E-state index contributed by atoms with van der Waals surface area (Å²) >= 11 is 0. The summed E-state index contributed by atoms with van der Waals surface area (Å²) in [4.78, 5) is 11.8. The number of para-hydroxylation sites is 1. The Hall–Kier alpha value is -2.96. The van der Waals surface area contributed by atoms with Crippen LogP contribution in [0.5, 0.6) is 5.75 Å². The lowest BCUT2D eigenvalue weighted by Crippen LogP contribution is -2.37. The second-order valence-corrected chi connectivity index (χ2v) is 7.28. The lowest BCUT2D eigenvalue weighted by Gasteiger charge is -2.26. The van der Waals surface area contributed by atoms with Crippen molar-refractivity contribution in [2.24, 2.45) is 0 Å². The largest absolute Gasteiger partial charge is 0.493 e. The highest BCUT2D eigenvalue weighted by Gasteiger charge is 2.10. The molecule has 0 atom stereocenters. The first-order valence-corrected chi connectivity index (χ1v) is 10.1. The van der Waals surface area contributed by atoms with Crippen molar-refractivity contribution in [3.63, 3.8) is 0 Å². The quantitative estimate of drug-likeness (QED) is 0.472.